The number of H-pyrrole nitrogens is 1. The van der Waals surface area contributed by atoms with Gasteiger partial charge in [-0.05, 0) is 17.7 Å². The van der Waals surface area contributed by atoms with Crippen molar-refractivity contribution in [2.45, 2.75) is 10.4 Å². The third-order valence-electron chi connectivity index (χ3n) is 3.30. The highest BCUT2D eigenvalue weighted by Crippen LogP contribution is 2.41. The van der Waals surface area contributed by atoms with Crippen molar-refractivity contribution in [2.24, 2.45) is 0 Å². The normalized spacial score (nSPS) is 19.4. The van der Waals surface area contributed by atoms with Crippen molar-refractivity contribution >= 4 is 27.5 Å². The smallest absolute Gasteiger partial charge is 0.269 e. The number of nitro benzene ring substituents is 1. The van der Waals surface area contributed by atoms with Crippen molar-refractivity contribution in [3.05, 3.63) is 52.5 Å². The van der Waals surface area contributed by atoms with Gasteiger partial charge in [0.05, 0.1) is 22.8 Å². The first kappa shape index (κ1) is 15.0. The van der Waals surface area contributed by atoms with E-state index in [9.17, 15) is 18.5 Å². The second-order valence-corrected chi connectivity index (χ2v) is 7.65. The topological polar surface area (TPSA) is 109 Å². The van der Waals surface area contributed by atoms with Crippen LogP contribution >= 0.6 is 11.8 Å². The fourth-order valence-electron chi connectivity index (χ4n) is 2.23. The molecule has 0 saturated carbocycles. The molecule has 1 aromatic heterocycles. The molecule has 116 valence electrons. The van der Waals surface area contributed by atoms with Gasteiger partial charge in [-0.2, -0.15) is 4.31 Å². The molecule has 0 amide bonds. The summed E-state index contributed by atoms with van der Waals surface area (Å²) < 4.78 is 26.6. The van der Waals surface area contributed by atoms with Gasteiger partial charge in [0.2, 0.25) is 0 Å². The van der Waals surface area contributed by atoms with E-state index in [0.717, 1.165) is 5.56 Å². The molecule has 0 radical (unpaired) electrons. The standard InChI is InChI=1S/C12H12N4O4S2/c17-16(18)10-3-1-9(2-4-10)12-15(5-6-21-12)22(19,20)11-7-13-8-14-11/h1-4,7-8,12H,5-6H2,(H,13,14). The molecule has 1 atom stereocenters. The Balaban J connectivity index is 1.92. The van der Waals surface area contributed by atoms with Crippen LogP contribution in [0.2, 0.25) is 0 Å². The van der Waals surface area contributed by atoms with Gasteiger partial charge >= 0.3 is 0 Å². The fraction of sp³-hybridized carbons (Fsp3) is 0.250. The summed E-state index contributed by atoms with van der Waals surface area (Å²) in [6.45, 7) is 0.383. The predicted octanol–water partition coefficient (Wildman–Crippen LogP) is 1.75. The summed E-state index contributed by atoms with van der Waals surface area (Å²) in [5.41, 5.74) is 0.700. The van der Waals surface area contributed by atoms with Crippen LogP contribution in [0.15, 0.2) is 41.8 Å². The van der Waals surface area contributed by atoms with Crippen molar-refractivity contribution in [3.8, 4) is 0 Å². The first-order chi connectivity index (χ1) is 10.5. The highest BCUT2D eigenvalue weighted by molar-refractivity contribution is 8.00. The Labute approximate surface area is 130 Å². The van der Waals surface area contributed by atoms with Crippen molar-refractivity contribution in [1.82, 2.24) is 14.3 Å². The third-order valence-corrected chi connectivity index (χ3v) is 6.48. The maximum atomic E-state index is 12.6. The van der Waals surface area contributed by atoms with E-state index in [1.54, 1.807) is 12.1 Å². The fourth-order valence-corrected chi connectivity index (χ4v) is 5.37. The van der Waals surface area contributed by atoms with E-state index in [-0.39, 0.29) is 10.7 Å². The Kier molecular flexibility index (Phi) is 3.89. The summed E-state index contributed by atoms with van der Waals surface area (Å²) >= 11 is 1.48. The highest BCUT2D eigenvalue weighted by Gasteiger charge is 2.37. The molecule has 1 saturated heterocycles. The monoisotopic (exact) mass is 340 g/mol. The van der Waals surface area contributed by atoms with E-state index in [1.165, 1.54) is 40.7 Å². The summed E-state index contributed by atoms with van der Waals surface area (Å²) in [4.78, 5) is 16.6. The minimum Gasteiger partial charge on any atom is -0.335 e. The zero-order valence-corrected chi connectivity index (χ0v) is 12.9. The molecule has 22 heavy (non-hydrogen) atoms. The van der Waals surface area contributed by atoms with E-state index in [0.29, 0.717) is 12.3 Å². The molecule has 1 fully saturated rings. The molecular formula is C12H12N4O4S2. The Bertz CT molecular complexity index is 774. The average Bonchev–Trinajstić information content (AvgIpc) is 3.19. The van der Waals surface area contributed by atoms with Crippen molar-refractivity contribution in [2.75, 3.05) is 12.3 Å². The van der Waals surface area contributed by atoms with Gasteiger partial charge in [0, 0.05) is 24.4 Å². The number of hydrogen-bond donors (Lipinski definition) is 1. The second kappa shape index (κ2) is 5.71. The molecule has 0 aliphatic carbocycles. The number of aromatic amines is 1. The van der Waals surface area contributed by atoms with Crippen LogP contribution in [-0.2, 0) is 10.0 Å². The lowest BCUT2D eigenvalue weighted by molar-refractivity contribution is -0.384. The average molecular weight is 340 g/mol. The lowest BCUT2D eigenvalue weighted by Gasteiger charge is -2.22. The molecule has 0 bridgehead atoms. The summed E-state index contributed by atoms with van der Waals surface area (Å²) in [5.74, 6) is 0.662. The molecule has 2 heterocycles. The van der Waals surface area contributed by atoms with Gasteiger partial charge in [-0.3, -0.25) is 10.1 Å². The van der Waals surface area contributed by atoms with Crippen LogP contribution in [0.4, 0.5) is 5.69 Å². The molecule has 8 nitrogen and oxygen atoms in total. The number of thioether (sulfide) groups is 1. The molecule has 1 aromatic carbocycles. The van der Waals surface area contributed by atoms with Gasteiger partial charge < -0.3 is 4.98 Å². The lowest BCUT2D eigenvalue weighted by Crippen LogP contribution is -2.30. The number of nitrogens with zero attached hydrogens (tertiary/aromatic N) is 3. The van der Waals surface area contributed by atoms with E-state index >= 15 is 0 Å². The molecule has 1 aliphatic heterocycles. The number of nitro groups is 1. The maximum Gasteiger partial charge on any atom is 0.269 e. The predicted molar refractivity (Wildman–Crippen MR) is 80.8 cm³/mol. The number of aromatic nitrogens is 2. The number of hydrogen-bond acceptors (Lipinski definition) is 6. The van der Waals surface area contributed by atoms with Crippen LogP contribution in [0, 0.1) is 10.1 Å². The third kappa shape index (κ3) is 2.60. The number of sulfonamides is 1. The number of rotatable bonds is 4. The van der Waals surface area contributed by atoms with E-state index < -0.39 is 20.3 Å². The second-order valence-electron chi connectivity index (χ2n) is 4.60. The SMILES string of the molecule is O=[N+]([O-])c1ccc(C2SCCN2S(=O)(=O)c2cnc[nH]2)cc1. The Morgan fingerprint density at radius 3 is 2.68 bits per heavy atom. The van der Waals surface area contributed by atoms with Crippen LogP contribution in [0.1, 0.15) is 10.9 Å². The molecular weight excluding hydrogens is 328 g/mol. The van der Waals surface area contributed by atoms with Crippen LogP contribution in [-0.4, -0.2) is 39.9 Å². The number of non-ortho nitro benzene ring substituents is 1. The van der Waals surface area contributed by atoms with Gasteiger partial charge in [-0.25, -0.2) is 13.4 Å². The number of nitrogens with one attached hydrogen (secondary N) is 1. The zero-order chi connectivity index (χ0) is 15.7. The van der Waals surface area contributed by atoms with E-state index in [2.05, 4.69) is 9.97 Å². The van der Waals surface area contributed by atoms with E-state index in [4.69, 9.17) is 0 Å². The van der Waals surface area contributed by atoms with Crippen LogP contribution in [0.25, 0.3) is 0 Å². The molecule has 2 aromatic rings. The van der Waals surface area contributed by atoms with Crippen molar-refractivity contribution in [3.63, 3.8) is 0 Å². The first-order valence-electron chi connectivity index (χ1n) is 6.36. The van der Waals surface area contributed by atoms with Crippen LogP contribution < -0.4 is 0 Å². The molecule has 1 unspecified atom stereocenters. The summed E-state index contributed by atoms with van der Waals surface area (Å²) in [6.07, 6.45) is 2.59. The summed E-state index contributed by atoms with van der Waals surface area (Å²) in [5, 5.41) is 10.3. The number of imidazole rings is 1. The minimum atomic E-state index is -3.66. The quantitative estimate of drug-likeness (QED) is 0.671. The Morgan fingerprint density at radius 1 is 1.36 bits per heavy atom. The largest absolute Gasteiger partial charge is 0.335 e. The van der Waals surface area contributed by atoms with E-state index in [1.807, 2.05) is 0 Å². The molecule has 0 spiro atoms. The van der Waals surface area contributed by atoms with Crippen LogP contribution in [0.5, 0.6) is 0 Å². The molecule has 1 N–H and O–H groups in total. The summed E-state index contributed by atoms with van der Waals surface area (Å²) in [7, 11) is -3.66. The molecule has 10 heteroatoms. The van der Waals surface area contributed by atoms with Gasteiger partial charge in [0.25, 0.3) is 15.7 Å². The van der Waals surface area contributed by atoms with Gasteiger partial charge in [0.1, 0.15) is 0 Å². The number of benzene rings is 1. The molecule has 3 rings (SSSR count). The van der Waals surface area contributed by atoms with Crippen LogP contribution in [0.3, 0.4) is 0 Å². The van der Waals surface area contributed by atoms with Crippen molar-refractivity contribution < 1.29 is 13.3 Å². The summed E-state index contributed by atoms with van der Waals surface area (Å²) in [6, 6.07) is 5.96. The molecule has 1 aliphatic rings. The van der Waals surface area contributed by atoms with Gasteiger partial charge in [-0.1, -0.05) is 0 Å². The van der Waals surface area contributed by atoms with Gasteiger partial charge in [0.15, 0.2) is 5.03 Å². The zero-order valence-electron chi connectivity index (χ0n) is 11.2. The Hall–Kier alpha value is -1.91. The maximum absolute atomic E-state index is 12.6. The van der Waals surface area contributed by atoms with Gasteiger partial charge in [-0.15, -0.1) is 11.8 Å². The lowest BCUT2D eigenvalue weighted by atomic mass is 10.2. The minimum absolute atomic E-state index is 0.0188. The highest BCUT2D eigenvalue weighted by atomic mass is 32.2. The first-order valence-corrected chi connectivity index (χ1v) is 8.85. The Morgan fingerprint density at radius 2 is 2.09 bits per heavy atom. The van der Waals surface area contributed by atoms with Crippen molar-refractivity contribution in [1.29, 1.82) is 0 Å².